The van der Waals surface area contributed by atoms with Crippen molar-refractivity contribution in [1.29, 1.82) is 0 Å². The maximum Gasteiger partial charge on any atom is 0.143 e. The van der Waals surface area contributed by atoms with Crippen LogP contribution >= 0.6 is 12.4 Å². The summed E-state index contributed by atoms with van der Waals surface area (Å²) in [6, 6.07) is 7.37. The van der Waals surface area contributed by atoms with Crippen LogP contribution in [0.4, 0.5) is 5.82 Å². The summed E-state index contributed by atoms with van der Waals surface area (Å²) in [5.41, 5.74) is 4.00. The van der Waals surface area contributed by atoms with Crippen LogP contribution in [0.15, 0.2) is 36.8 Å². The van der Waals surface area contributed by atoms with E-state index < -0.39 is 0 Å². The maximum absolute atomic E-state index is 5.24. The van der Waals surface area contributed by atoms with E-state index in [2.05, 4.69) is 20.4 Å². The number of nitrogens with one attached hydrogen (secondary N) is 1. The van der Waals surface area contributed by atoms with E-state index in [-0.39, 0.29) is 12.4 Å². The summed E-state index contributed by atoms with van der Waals surface area (Å²) >= 11 is 0. The standard InChI is InChI=1S/C9H9N5.ClH/c10-14-9-5-8(12-6-13-9)7-3-1-2-4-11-7;/h1-6H,10H2,(H,12,13,14);1H. The molecule has 5 nitrogen and oxygen atoms in total. The zero-order valence-electron chi connectivity index (χ0n) is 7.79. The van der Waals surface area contributed by atoms with Crippen LogP contribution in [-0.4, -0.2) is 15.0 Å². The molecule has 0 bridgehead atoms. The normalized spacial score (nSPS) is 9.13. The van der Waals surface area contributed by atoms with E-state index in [9.17, 15) is 0 Å². The molecule has 0 saturated carbocycles. The molecular weight excluding hydrogens is 214 g/mol. The molecule has 78 valence electrons. The number of hydrazine groups is 1. The number of nitrogens with two attached hydrogens (primary N) is 1. The summed E-state index contributed by atoms with van der Waals surface area (Å²) in [5, 5.41) is 0. The highest BCUT2D eigenvalue weighted by molar-refractivity contribution is 5.85. The van der Waals surface area contributed by atoms with Crippen molar-refractivity contribution in [2.24, 2.45) is 5.84 Å². The fourth-order valence-electron chi connectivity index (χ4n) is 1.09. The fourth-order valence-corrected chi connectivity index (χ4v) is 1.09. The van der Waals surface area contributed by atoms with Crippen molar-refractivity contribution in [3.05, 3.63) is 36.8 Å². The molecule has 0 aliphatic heterocycles. The number of nitrogens with zero attached hydrogens (tertiary/aromatic N) is 3. The van der Waals surface area contributed by atoms with Crippen LogP contribution in [0.3, 0.4) is 0 Å². The molecule has 3 N–H and O–H groups in total. The van der Waals surface area contributed by atoms with Gasteiger partial charge in [-0.25, -0.2) is 15.8 Å². The molecule has 0 aromatic carbocycles. The van der Waals surface area contributed by atoms with Crippen LogP contribution in [0.2, 0.25) is 0 Å². The molecule has 0 amide bonds. The lowest BCUT2D eigenvalue weighted by Crippen LogP contribution is -2.08. The Morgan fingerprint density at radius 3 is 2.60 bits per heavy atom. The topological polar surface area (TPSA) is 76.7 Å². The minimum atomic E-state index is 0. The lowest BCUT2D eigenvalue weighted by molar-refractivity contribution is 1.13. The smallest absolute Gasteiger partial charge is 0.143 e. The lowest BCUT2D eigenvalue weighted by atomic mass is 10.2. The summed E-state index contributed by atoms with van der Waals surface area (Å²) < 4.78 is 0. The summed E-state index contributed by atoms with van der Waals surface area (Å²) in [6.45, 7) is 0. The number of pyridine rings is 1. The second-order valence-corrected chi connectivity index (χ2v) is 2.65. The molecule has 0 fully saturated rings. The van der Waals surface area contributed by atoms with E-state index in [1.54, 1.807) is 12.3 Å². The number of rotatable bonds is 2. The van der Waals surface area contributed by atoms with Crippen molar-refractivity contribution in [3.63, 3.8) is 0 Å². The molecule has 0 spiro atoms. The monoisotopic (exact) mass is 223 g/mol. The first-order valence-corrected chi connectivity index (χ1v) is 4.10. The molecular formula is C9H10ClN5. The van der Waals surface area contributed by atoms with Crippen LogP contribution in [-0.2, 0) is 0 Å². The van der Waals surface area contributed by atoms with E-state index in [1.165, 1.54) is 6.33 Å². The first-order valence-electron chi connectivity index (χ1n) is 4.10. The van der Waals surface area contributed by atoms with Gasteiger partial charge in [-0.2, -0.15) is 0 Å². The molecule has 15 heavy (non-hydrogen) atoms. The molecule has 6 heteroatoms. The number of aromatic nitrogens is 3. The predicted octanol–water partition coefficient (Wildman–Crippen LogP) is 1.25. The molecule has 0 radical (unpaired) electrons. The fraction of sp³-hybridized carbons (Fsp3) is 0. The molecule has 0 aliphatic carbocycles. The first-order chi connectivity index (χ1) is 6.90. The Hall–Kier alpha value is -1.72. The average molecular weight is 224 g/mol. The Labute approximate surface area is 93.2 Å². The zero-order chi connectivity index (χ0) is 9.80. The molecule has 2 rings (SSSR count). The third-order valence-corrected chi connectivity index (χ3v) is 1.74. The van der Waals surface area contributed by atoms with Crippen LogP contribution in [0, 0.1) is 0 Å². The Kier molecular flexibility index (Phi) is 3.96. The third-order valence-electron chi connectivity index (χ3n) is 1.74. The Balaban J connectivity index is 0.00000112. The Morgan fingerprint density at radius 2 is 1.93 bits per heavy atom. The number of hydrogen-bond acceptors (Lipinski definition) is 5. The maximum atomic E-state index is 5.24. The van der Waals surface area contributed by atoms with Crippen LogP contribution in [0.5, 0.6) is 0 Å². The van der Waals surface area contributed by atoms with Gasteiger partial charge in [0, 0.05) is 12.3 Å². The first kappa shape index (κ1) is 11.4. The summed E-state index contributed by atoms with van der Waals surface area (Å²) in [6.07, 6.45) is 3.16. The minimum Gasteiger partial charge on any atom is -0.308 e. The van der Waals surface area contributed by atoms with Crippen LogP contribution < -0.4 is 11.3 Å². The Bertz CT molecular complexity index is 420. The predicted molar refractivity (Wildman–Crippen MR) is 60.3 cm³/mol. The molecule has 0 saturated heterocycles. The van der Waals surface area contributed by atoms with E-state index in [4.69, 9.17) is 5.84 Å². The van der Waals surface area contributed by atoms with E-state index in [0.29, 0.717) is 5.82 Å². The van der Waals surface area contributed by atoms with Gasteiger partial charge in [0.05, 0.1) is 11.4 Å². The molecule has 2 aromatic rings. The quantitative estimate of drug-likeness (QED) is 0.592. The molecule has 2 heterocycles. The molecule has 0 aliphatic rings. The lowest BCUT2D eigenvalue weighted by Gasteiger charge is -2.01. The third kappa shape index (κ3) is 2.61. The molecule has 0 atom stereocenters. The Morgan fingerprint density at radius 1 is 1.07 bits per heavy atom. The summed E-state index contributed by atoms with van der Waals surface area (Å²) in [7, 11) is 0. The van der Waals surface area contributed by atoms with Crippen molar-refractivity contribution in [1.82, 2.24) is 15.0 Å². The van der Waals surface area contributed by atoms with Gasteiger partial charge in [-0.3, -0.25) is 4.98 Å². The van der Waals surface area contributed by atoms with Gasteiger partial charge in [-0.15, -0.1) is 12.4 Å². The number of hydrogen-bond donors (Lipinski definition) is 2. The largest absolute Gasteiger partial charge is 0.308 e. The average Bonchev–Trinajstić information content (AvgIpc) is 2.30. The number of nitrogen functional groups attached to an aromatic ring is 1. The van der Waals surface area contributed by atoms with Crippen molar-refractivity contribution in [2.75, 3.05) is 5.43 Å². The van der Waals surface area contributed by atoms with E-state index >= 15 is 0 Å². The van der Waals surface area contributed by atoms with Crippen molar-refractivity contribution in [2.45, 2.75) is 0 Å². The van der Waals surface area contributed by atoms with Gasteiger partial charge in [-0.05, 0) is 12.1 Å². The molecule has 2 aromatic heterocycles. The highest BCUT2D eigenvalue weighted by atomic mass is 35.5. The van der Waals surface area contributed by atoms with Gasteiger partial charge in [0.2, 0.25) is 0 Å². The number of halogens is 1. The van der Waals surface area contributed by atoms with E-state index in [1.807, 2.05) is 18.2 Å². The van der Waals surface area contributed by atoms with Crippen molar-refractivity contribution in [3.8, 4) is 11.4 Å². The van der Waals surface area contributed by atoms with E-state index in [0.717, 1.165) is 11.4 Å². The zero-order valence-corrected chi connectivity index (χ0v) is 8.61. The highest BCUT2D eigenvalue weighted by Gasteiger charge is 2.00. The van der Waals surface area contributed by atoms with Gasteiger partial charge < -0.3 is 5.43 Å². The van der Waals surface area contributed by atoms with Crippen LogP contribution in [0.25, 0.3) is 11.4 Å². The second-order valence-electron chi connectivity index (χ2n) is 2.65. The van der Waals surface area contributed by atoms with Gasteiger partial charge in [0.25, 0.3) is 0 Å². The van der Waals surface area contributed by atoms with Gasteiger partial charge in [0.1, 0.15) is 12.1 Å². The second kappa shape index (κ2) is 5.23. The van der Waals surface area contributed by atoms with Crippen LogP contribution in [0.1, 0.15) is 0 Å². The minimum absolute atomic E-state index is 0. The van der Waals surface area contributed by atoms with Gasteiger partial charge >= 0.3 is 0 Å². The summed E-state index contributed by atoms with van der Waals surface area (Å²) in [5.74, 6) is 5.81. The van der Waals surface area contributed by atoms with Crippen molar-refractivity contribution < 1.29 is 0 Å². The van der Waals surface area contributed by atoms with Gasteiger partial charge in [0.15, 0.2) is 0 Å². The van der Waals surface area contributed by atoms with Gasteiger partial charge in [-0.1, -0.05) is 6.07 Å². The highest BCUT2D eigenvalue weighted by Crippen LogP contribution is 2.14. The summed E-state index contributed by atoms with van der Waals surface area (Å²) in [4.78, 5) is 12.2. The number of anilines is 1. The van der Waals surface area contributed by atoms with Crippen molar-refractivity contribution >= 4 is 18.2 Å². The molecule has 0 unspecified atom stereocenters. The SMILES string of the molecule is Cl.NNc1cc(-c2ccccn2)ncn1.